The van der Waals surface area contributed by atoms with E-state index in [1.165, 1.54) is 0 Å². The Bertz CT molecular complexity index is 953. The number of carbonyl (C=O) groups is 3. The summed E-state index contributed by atoms with van der Waals surface area (Å²) in [5, 5.41) is 73.9. The first-order valence-corrected chi connectivity index (χ1v) is 13.7. The van der Waals surface area contributed by atoms with E-state index in [9.17, 15) is 59.6 Å². The first-order chi connectivity index (χ1) is 19.0. The van der Waals surface area contributed by atoms with E-state index in [1.54, 1.807) is 0 Å². The summed E-state index contributed by atoms with van der Waals surface area (Å²) in [6.45, 7) is 0.808. The maximum Gasteiger partial charge on any atom is 0.472 e. The number of nitrogens with one attached hydrogen (secondary N) is 1. The molecule has 1 saturated carbocycles. The van der Waals surface area contributed by atoms with Crippen LogP contribution in [0.4, 0.5) is 0 Å². The highest BCUT2D eigenvalue weighted by Crippen LogP contribution is 2.47. The Hall–Kier alpha value is -1.84. The second kappa shape index (κ2) is 15.1. The van der Waals surface area contributed by atoms with Crippen LogP contribution in [0.1, 0.15) is 20.8 Å². The molecule has 9 N–H and O–H groups in total. The molecular formula is C21H36NO18P. The van der Waals surface area contributed by atoms with Crippen LogP contribution in [0.3, 0.4) is 0 Å². The Balaban J connectivity index is 2.30. The average molecular weight is 621 g/mol. The average Bonchev–Trinajstić information content (AvgIpc) is 2.88. The van der Waals surface area contributed by atoms with Crippen LogP contribution in [0.2, 0.25) is 0 Å². The number of ether oxygens (including phenoxy) is 4. The first-order valence-electron chi connectivity index (χ1n) is 12.2. The van der Waals surface area contributed by atoms with Gasteiger partial charge in [-0.25, -0.2) is 4.57 Å². The van der Waals surface area contributed by atoms with Crippen molar-refractivity contribution >= 4 is 25.7 Å². The van der Waals surface area contributed by atoms with Gasteiger partial charge in [-0.2, -0.15) is 0 Å². The number of esters is 2. The Morgan fingerprint density at radius 1 is 0.854 bits per heavy atom. The van der Waals surface area contributed by atoms with Gasteiger partial charge in [-0.3, -0.25) is 23.4 Å². The number of hydrogen-bond donors (Lipinski definition) is 9. The summed E-state index contributed by atoms with van der Waals surface area (Å²) in [7, 11) is -5.30. The van der Waals surface area contributed by atoms with Gasteiger partial charge in [-0.15, -0.1) is 0 Å². The van der Waals surface area contributed by atoms with Crippen molar-refractivity contribution in [2.45, 2.75) is 94.1 Å². The number of carbonyl (C=O) groups excluding carboxylic acids is 3. The lowest BCUT2D eigenvalue weighted by atomic mass is 9.84. The van der Waals surface area contributed by atoms with Crippen LogP contribution in [-0.2, 0) is 46.9 Å². The highest BCUT2D eigenvalue weighted by atomic mass is 31.2. The number of phosphoric acid groups is 1. The predicted octanol–water partition coefficient (Wildman–Crippen LogP) is -5.23. The normalized spacial score (nSPS) is 37.9. The van der Waals surface area contributed by atoms with Crippen molar-refractivity contribution in [3.63, 3.8) is 0 Å². The van der Waals surface area contributed by atoms with Crippen molar-refractivity contribution < 1.29 is 87.6 Å². The van der Waals surface area contributed by atoms with Crippen molar-refractivity contribution in [1.82, 2.24) is 5.32 Å². The second-order valence-electron chi connectivity index (χ2n) is 9.36. The fourth-order valence-corrected chi connectivity index (χ4v) is 5.09. The number of rotatable bonds is 12. The Labute approximate surface area is 233 Å². The molecule has 2 fully saturated rings. The molecule has 1 saturated heterocycles. The maximum absolute atomic E-state index is 12.8. The van der Waals surface area contributed by atoms with Gasteiger partial charge in [0.25, 0.3) is 0 Å². The molecule has 238 valence electrons. The van der Waals surface area contributed by atoms with Crippen molar-refractivity contribution in [2.24, 2.45) is 0 Å². The van der Waals surface area contributed by atoms with Gasteiger partial charge in [-0.1, -0.05) is 0 Å². The number of hydrogen-bond acceptors (Lipinski definition) is 17. The first kappa shape index (κ1) is 35.4. The maximum atomic E-state index is 12.8. The van der Waals surface area contributed by atoms with E-state index in [0.29, 0.717) is 0 Å². The number of aliphatic hydroxyl groups is 7. The molecule has 2 unspecified atom stereocenters. The lowest BCUT2D eigenvalue weighted by molar-refractivity contribution is -0.317. The van der Waals surface area contributed by atoms with Gasteiger partial charge < -0.3 is 64.9 Å². The number of aliphatic hydroxyl groups excluding tert-OH is 7. The predicted molar refractivity (Wildman–Crippen MR) is 127 cm³/mol. The van der Waals surface area contributed by atoms with Crippen molar-refractivity contribution in [3.05, 3.63) is 0 Å². The molecular weight excluding hydrogens is 585 g/mol. The van der Waals surface area contributed by atoms with Crippen LogP contribution < -0.4 is 5.32 Å². The summed E-state index contributed by atoms with van der Waals surface area (Å²) in [6.07, 6.45) is -21.1. The van der Waals surface area contributed by atoms with Gasteiger partial charge in [0.1, 0.15) is 67.6 Å². The minimum Gasteiger partial charge on any atom is -0.462 e. The second-order valence-corrected chi connectivity index (χ2v) is 10.8. The molecule has 2 aliphatic rings. The molecule has 0 radical (unpaired) electrons. The molecule has 1 heterocycles. The molecule has 0 spiro atoms. The third kappa shape index (κ3) is 9.58. The largest absolute Gasteiger partial charge is 0.472 e. The zero-order valence-electron chi connectivity index (χ0n) is 22.2. The molecule has 0 aromatic heterocycles. The lowest BCUT2D eigenvalue weighted by Crippen LogP contribution is -2.69. The Kier molecular flexibility index (Phi) is 13.0. The van der Waals surface area contributed by atoms with Gasteiger partial charge in [0.2, 0.25) is 5.91 Å². The topological polar surface area (TPSA) is 298 Å². The zero-order valence-corrected chi connectivity index (χ0v) is 23.1. The van der Waals surface area contributed by atoms with Gasteiger partial charge in [0, 0.05) is 20.8 Å². The van der Waals surface area contributed by atoms with E-state index in [-0.39, 0.29) is 0 Å². The van der Waals surface area contributed by atoms with E-state index in [2.05, 4.69) is 10.1 Å². The minimum absolute atomic E-state index is 0.569. The quantitative estimate of drug-likeness (QED) is 0.0726. The van der Waals surface area contributed by atoms with Crippen LogP contribution >= 0.6 is 7.82 Å². The monoisotopic (exact) mass is 621 g/mol. The summed E-state index contributed by atoms with van der Waals surface area (Å²) in [5.74, 6) is -2.36. The van der Waals surface area contributed by atoms with E-state index < -0.39 is 119 Å². The highest BCUT2D eigenvalue weighted by Gasteiger charge is 2.55. The van der Waals surface area contributed by atoms with Crippen molar-refractivity contribution in [2.75, 3.05) is 19.8 Å². The SMILES string of the molecule is CC(=O)N[C@H]1[C@@H](O[C@@H]2[C@@H](O)[C@H](O)[C@@H](O)[C@@H](O)[C@H]2OP(=O)(O)OCC(COC(C)=O)OC(C)=O)O[C@H](CO)[C@@H](O)[C@@H]1O. The van der Waals surface area contributed by atoms with Gasteiger partial charge in [0.15, 0.2) is 12.4 Å². The molecule has 0 aromatic rings. The zero-order chi connectivity index (χ0) is 31.2. The molecule has 1 aliphatic carbocycles. The molecule has 1 aliphatic heterocycles. The molecule has 13 atom stereocenters. The molecule has 0 bridgehead atoms. The molecule has 1 amide bonds. The van der Waals surface area contributed by atoms with Crippen LogP contribution in [0.15, 0.2) is 0 Å². The highest BCUT2D eigenvalue weighted by molar-refractivity contribution is 7.47. The fraction of sp³-hybridized carbons (Fsp3) is 0.857. The molecule has 41 heavy (non-hydrogen) atoms. The van der Waals surface area contributed by atoms with Crippen LogP contribution in [-0.4, -0.2) is 152 Å². The van der Waals surface area contributed by atoms with E-state index in [4.69, 9.17) is 23.3 Å². The summed E-state index contributed by atoms with van der Waals surface area (Å²) in [6, 6.07) is -1.57. The van der Waals surface area contributed by atoms with Crippen LogP contribution in [0.5, 0.6) is 0 Å². The van der Waals surface area contributed by atoms with Gasteiger partial charge >= 0.3 is 19.8 Å². The third-order valence-electron chi connectivity index (χ3n) is 6.07. The Morgan fingerprint density at radius 3 is 1.95 bits per heavy atom. The number of phosphoric ester groups is 1. The van der Waals surface area contributed by atoms with Gasteiger partial charge in [-0.05, 0) is 0 Å². The van der Waals surface area contributed by atoms with Crippen molar-refractivity contribution in [1.29, 1.82) is 0 Å². The van der Waals surface area contributed by atoms with Crippen molar-refractivity contribution in [3.8, 4) is 0 Å². The third-order valence-corrected chi connectivity index (χ3v) is 7.06. The Morgan fingerprint density at radius 2 is 1.44 bits per heavy atom. The smallest absolute Gasteiger partial charge is 0.462 e. The number of amides is 1. The van der Waals surface area contributed by atoms with Crippen LogP contribution in [0.25, 0.3) is 0 Å². The van der Waals surface area contributed by atoms with E-state index in [0.717, 1.165) is 20.8 Å². The minimum atomic E-state index is -5.30. The molecule has 2 rings (SSSR count). The molecule has 19 nitrogen and oxygen atoms in total. The fourth-order valence-electron chi connectivity index (χ4n) is 4.13. The molecule has 20 heteroatoms. The standard InChI is InChI=1S/C21H36NO18P/c1-7(24)22-12-14(28)13(27)11(4-23)38-21(12)39-19-17(31)15(29)16(30)18(32)20(19)40-41(33,34)36-6-10(37-9(3)26)5-35-8(2)25/h10-21,23,27-32H,4-6H2,1-3H3,(H,22,24)(H,33,34)/t10?,11-,12-,13-,14-,15-,16-,17+,18-,19-,20-,21-/m1/s1. The summed E-state index contributed by atoms with van der Waals surface area (Å²) >= 11 is 0. The van der Waals surface area contributed by atoms with Gasteiger partial charge in [0.05, 0.1) is 13.2 Å². The summed E-state index contributed by atoms with van der Waals surface area (Å²) < 4.78 is 43.0. The lowest BCUT2D eigenvalue weighted by Gasteiger charge is -2.48. The van der Waals surface area contributed by atoms with E-state index >= 15 is 0 Å². The molecule has 0 aromatic carbocycles. The summed E-state index contributed by atoms with van der Waals surface area (Å²) in [4.78, 5) is 44.4. The summed E-state index contributed by atoms with van der Waals surface area (Å²) in [5.41, 5.74) is 0. The van der Waals surface area contributed by atoms with E-state index in [1.807, 2.05) is 0 Å². The van der Waals surface area contributed by atoms with Crippen LogP contribution in [0, 0.1) is 0 Å².